The molecule has 1 heterocycles. The highest BCUT2D eigenvalue weighted by molar-refractivity contribution is 7.71. The van der Waals surface area contributed by atoms with E-state index in [1.54, 1.807) is 6.07 Å². The van der Waals surface area contributed by atoms with Gasteiger partial charge in [0.2, 0.25) is 0 Å². The summed E-state index contributed by atoms with van der Waals surface area (Å²) in [6.45, 7) is 0.516. The van der Waals surface area contributed by atoms with Crippen molar-refractivity contribution in [3.63, 3.8) is 0 Å². The Morgan fingerprint density at radius 1 is 1.16 bits per heavy atom. The van der Waals surface area contributed by atoms with E-state index in [-0.39, 0.29) is 5.82 Å². The largest absolute Gasteiger partial charge is 0.328 e. The van der Waals surface area contributed by atoms with Crippen molar-refractivity contribution in [3.05, 3.63) is 63.6 Å². The van der Waals surface area contributed by atoms with E-state index < -0.39 is 0 Å². The number of rotatable bonds is 2. The summed E-state index contributed by atoms with van der Waals surface area (Å²) in [5.41, 5.74) is 2.12. The third-order valence-electron chi connectivity index (χ3n) is 3.05. The van der Waals surface area contributed by atoms with Crippen LogP contribution in [0.1, 0.15) is 5.56 Å². The average Bonchev–Trinajstić information content (AvgIpc) is 2.71. The van der Waals surface area contributed by atoms with Crippen LogP contribution in [0, 0.1) is 10.6 Å². The number of aromatic amines is 1. The molecule has 0 atom stereocenters. The maximum Gasteiger partial charge on any atom is 0.178 e. The third kappa shape index (κ3) is 2.17. The second kappa shape index (κ2) is 4.79. The van der Waals surface area contributed by atoms with Crippen LogP contribution in [-0.4, -0.2) is 9.55 Å². The van der Waals surface area contributed by atoms with Crippen LogP contribution in [0.2, 0.25) is 5.02 Å². The van der Waals surface area contributed by atoms with Gasteiger partial charge in [-0.15, -0.1) is 0 Å². The van der Waals surface area contributed by atoms with Gasteiger partial charge in [-0.05, 0) is 36.0 Å². The lowest BCUT2D eigenvalue weighted by Crippen LogP contribution is -2.00. The van der Waals surface area contributed by atoms with Crippen molar-refractivity contribution in [1.82, 2.24) is 9.55 Å². The first-order valence-electron chi connectivity index (χ1n) is 5.77. The number of hydrogen-bond donors (Lipinski definition) is 1. The van der Waals surface area contributed by atoms with Crippen LogP contribution in [-0.2, 0) is 6.54 Å². The molecule has 0 saturated heterocycles. The lowest BCUT2D eigenvalue weighted by atomic mass is 10.2. The Hall–Kier alpha value is -1.65. The molecule has 0 bridgehead atoms. The Morgan fingerprint density at radius 2 is 1.95 bits per heavy atom. The fourth-order valence-electron chi connectivity index (χ4n) is 2.10. The summed E-state index contributed by atoms with van der Waals surface area (Å²) in [5.74, 6) is -0.304. The molecule has 0 amide bonds. The quantitative estimate of drug-likeness (QED) is 0.688. The molecule has 96 valence electrons. The molecule has 0 aliphatic rings. The number of benzene rings is 2. The summed E-state index contributed by atoms with van der Waals surface area (Å²) < 4.78 is 16.0. The molecule has 0 spiro atoms. The van der Waals surface area contributed by atoms with Gasteiger partial charge in [-0.25, -0.2) is 4.39 Å². The zero-order valence-electron chi connectivity index (χ0n) is 9.86. The SMILES string of the molecule is Fc1cccc2c1[nH]c(=S)n2Cc1ccccc1Cl. The molecule has 19 heavy (non-hydrogen) atoms. The lowest BCUT2D eigenvalue weighted by molar-refractivity contribution is 0.637. The van der Waals surface area contributed by atoms with E-state index in [4.69, 9.17) is 23.8 Å². The molecule has 5 heteroatoms. The van der Waals surface area contributed by atoms with Gasteiger partial charge >= 0.3 is 0 Å². The van der Waals surface area contributed by atoms with Gasteiger partial charge in [0.05, 0.1) is 12.1 Å². The fourth-order valence-corrected chi connectivity index (χ4v) is 2.56. The standard InChI is InChI=1S/C14H10ClFN2S/c15-10-5-2-1-4-9(10)8-18-12-7-3-6-11(16)13(12)17-14(18)19/h1-7H,8H2,(H,17,19). The van der Waals surface area contributed by atoms with Gasteiger partial charge in [0, 0.05) is 5.02 Å². The summed E-state index contributed by atoms with van der Waals surface area (Å²) in [4.78, 5) is 2.89. The predicted molar refractivity (Wildman–Crippen MR) is 77.6 cm³/mol. The number of nitrogens with zero attached hydrogens (tertiary/aromatic N) is 1. The number of imidazole rings is 1. The first-order valence-corrected chi connectivity index (χ1v) is 6.56. The maximum atomic E-state index is 13.7. The van der Waals surface area contributed by atoms with E-state index in [1.807, 2.05) is 34.9 Å². The van der Waals surface area contributed by atoms with E-state index >= 15 is 0 Å². The van der Waals surface area contributed by atoms with Crippen molar-refractivity contribution >= 4 is 34.9 Å². The molecule has 3 aromatic rings. The molecule has 1 N–H and O–H groups in total. The van der Waals surface area contributed by atoms with E-state index in [9.17, 15) is 4.39 Å². The molecule has 2 nitrogen and oxygen atoms in total. The predicted octanol–water partition coefficient (Wildman–Crippen LogP) is 4.54. The number of halogens is 2. The Kier molecular flexibility index (Phi) is 3.12. The Labute approximate surface area is 119 Å². The first-order chi connectivity index (χ1) is 9.16. The molecule has 0 unspecified atom stereocenters. The van der Waals surface area contributed by atoms with Crippen molar-refractivity contribution in [2.75, 3.05) is 0 Å². The van der Waals surface area contributed by atoms with E-state index in [1.165, 1.54) is 6.07 Å². The Balaban J connectivity index is 2.16. The summed E-state index contributed by atoms with van der Waals surface area (Å²) in [7, 11) is 0. The zero-order valence-corrected chi connectivity index (χ0v) is 11.4. The third-order valence-corrected chi connectivity index (χ3v) is 3.74. The van der Waals surface area contributed by atoms with Crippen LogP contribution in [0.4, 0.5) is 4.39 Å². The lowest BCUT2D eigenvalue weighted by Gasteiger charge is -2.06. The zero-order chi connectivity index (χ0) is 13.4. The van der Waals surface area contributed by atoms with Crippen molar-refractivity contribution in [2.45, 2.75) is 6.54 Å². The molecule has 1 aromatic heterocycles. The number of hydrogen-bond acceptors (Lipinski definition) is 1. The van der Waals surface area contributed by atoms with Gasteiger partial charge in [0.1, 0.15) is 11.3 Å². The number of nitrogens with one attached hydrogen (secondary N) is 1. The van der Waals surface area contributed by atoms with E-state index in [0.717, 1.165) is 11.1 Å². The second-order valence-corrected chi connectivity index (χ2v) is 5.04. The molecule has 0 saturated carbocycles. The summed E-state index contributed by atoms with van der Waals surface area (Å²) in [6.07, 6.45) is 0. The minimum atomic E-state index is -0.304. The highest BCUT2D eigenvalue weighted by Gasteiger charge is 2.09. The van der Waals surface area contributed by atoms with Crippen molar-refractivity contribution < 1.29 is 4.39 Å². The molecule has 0 radical (unpaired) electrons. The van der Waals surface area contributed by atoms with Crippen molar-refractivity contribution in [2.24, 2.45) is 0 Å². The molecular weight excluding hydrogens is 283 g/mol. The summed E-state index contributed by atoms with van der Waals surface area (Å²) in [5, 5.41) is 0.676. The maximum absolute atomic E-state index is 13.7. The fraction of sp³-hybridized carbons (Fsp3) is 0.0714. The van der Waals surface area contributed by atoms with Gasteiger partial charge in [-0.2, -0.15) is 0 Å². The smallest absolute Gasteiger partial charge is 0.178 e. The molecule has 0 aliphatic heterocycles. The molecule has 2 aromatic carbocycles. The number of para-hydroxylation sites is 1. The van der Waals surface area contributed by atoms with Gasteiger partial charge in [-0.3, -0.25) is 0 Å². The van der Waals surface area contributed by atoms with Gasteiger partial charge in [0.25, 0.3) is 0 Å². The van der Waals surface area contributed by atoms with E-state index in [0.29, 0.717) is 21.9 Å². The van der Waals surface area contributed by atoms with Crippen molar-refractivity contribution in [3.8, 4) is 0 Å². The van der Waals surface area contributed by atoms with Gasteiger partial charge in [-0.1, -0.05) is 35.9 Å². The average molecular weight is 293 g/mol. The van der Waals surface area contributed by atoms with Crippen LogP contribution in [0.3, 0.4) is 0 Å². The molecule has 3 rings (SSSR count). The van der Waals surface area contributed by atoms with Crippen LogP contribution < -0.4 is 0 Å². The van der Waals surface area contributed by atoms with Crippen LogP contribution >= 0.6 is 23.8 Å². The highest BCUT2D eigenvalue weighted by atomic mass is 35.5. The number of fused-ring (bicyclic) bond motifs is 1. The topological polar surface area (TPSA) is 20.7 Å². The minimum absolute atomic E-state index is 0.304. The second-order valence-electron chi connectivity index (χ2n) is 4.24. The van der Waals surface area contributed by atoms with Gasteiger partial charge < -0.3 is 9.55 Å². The number of aromatic nitrogens is 2. The summed E-state index contributed by atoms with van der Waals surface area (Å²) in [6, 6.07) is 12.5. The van der Waals surface area contributed by atoms with Crippen LogP contribution in [0.25, 0.3) is 11.0 Å². The van der Waals surface area contributed by atoms with Crippen molar-refractivity contribution in [1.29, 1.82) is 0 Å². The summed E-state index contributed by atoms with van der Waals surface area (Å²) >= 11 is 11.4. The molecule has 0 aliphatic carbocycles. The van der Waals surface area contributed by atoms with E-state index in [2.05, 4.69) is 4.98 Å². The monoisotopic (exact) mass is 292 g/mol. The Bertz CT molecular complexity index is 807. The number of H-pyrrole nitrogens is 1. The minimum Gasteiger partial charge on any atom is -0.328 e. The molecular formula is C14H10ClFN2S. The highest BCUT2D eigenvalue weighted by Crippen LogP contribution is 2.21. The molecule has 0 fully saturated rings. The Morgan fingerprint density at radius 3 is 2.74 bits per heavy atom. The van der Waals surface area contributed by atoms with Crippen LogP contribution in [0.15, 0.2) is 42.5 Å². The van der Waals surface area contributed by atoms with Gasteiger partial charge in [0.15, 0.2) is 4.77 Å². The first kappa shape index (κ1) is 12.4. The normalized spacial score (nSPS) is 11.1. The van der Waals surface area contributed by atoms with Crippen LogP contribution in [0.5, 0.6) is 0 Å².